The molecule has 1 aromatic heterocycles. The fourth-order valence-electron chi connectivity index (χ4n) is 3.27. The maximum absolute atomic E-state index is 12.5. The van der Waals surface area contributed by atoms with Crippen LogP contribution >= 0.6 is 0 Å². The molecule has 1 aliphatic heterocycles. The van der Waals surface area contributed by atoms with Crippen LogP contribution in [0.15, 0.2) is 43.0 Å². The third-order valence-corrected chi connectivity index (χ3v) is 4.78. The molecule has 1 amide bonds. The van der Waals surface area contributed by atoms with Gasteiger partial charge >= 0.3 is 0 Å². The first-order valence-corrected chi connectivity index (χ1v) is 8.75. The van der Waals surface area contributed by atoms with Crippen LogP contribution < -0.4 is 0 Å². The molecule has 0 N–H and O–H groups in total. The Morgan fingerprint density at radius 2 is 2.00 bits per heavy atom. The van der Waals surface area contributed by atoms with E-state index in [9.17, 15) is 4.79 Å². The molecule has 128 valence electrons. The van der Waals surface area contributed by atoms with Crippen molar-refractivity contribution in [3.63, 3.8) is 0 Å². The number of hydrogen-bond donors (Lipinski definition) is 0. The van der Waals surface area contributed by atoms with Gasteiger partial charge in [-0.15, -0.1) is 0 Å². The number of carbonyl (C=O) groups is 1. The zero-order chi connectivity index (χ0) is 16.9. The Balaban J connectivity index is 1.70. The van der Waals surface area contributed by atoms with Gasteiger partial charge in [0.25, 0.3) is 0 Å². The lowest BCUT2D eigenvalue weighted by Crippen LogP contribution is -2.55. The van der Waals surface area contributed by atoms with E-state index in [1.165, 1.54) is 5.56 Å². The van der Waals surface area contributed by atoms with E-state index < -0.39 is 0 Å². The van der Waals surface area contributed by atoms with Crippen LogP contribution in [0.3, 0.4) is 0 Å². The first kappa shape index (κ1) is 16.7. The summed E-state index contributed by atoms with van der Waals surface area (Å²) in [4.78, 5) is 20.8. The minimum atomic E-state index is 0.0250. The Labute approximate surface area is 143 Å². The Hall–Kier alpha value is -2.14. The van der Waals surface area contributed by atoms with Gasteiger partial charge < -0.3 is 9.47 Å². The van der Waals surface area contributed by atoms with Crippen LogP contribution in [0.4, 0.5) is 0 Å². The number of hydrogen-bond acceptors (Lipinski definition) is 3. The summed E-state index contributed by atoms with van der Waals surface area (Å²) in [7, 11) is 1.92. The quantitative estimate of drug-likeness (QED) is 0.819. The lowest BCUT2D eigenvalue weighted by molar-refractivity contribution is -0.140. The zero-order valence-electron chi connectivity index (χ0n) is 14.6. The van der Waals surface area contributed by atoms with Gasteiger partial charge in [0.1, 0.15) is 0 Å². The predicted molar refractivity (Wildman–Crippen MR) is 94.9 cm³/mol. The first-order chi connectivity index (χ1) is 11.7. The largest absolute Gasteiger partial charge is 0.343 e. The minimum Gasteiger partial charge on any atom is -0.343 e. The molecule has 1 unspecified atom stereocenters. The number of benzene rings is 1. The van der Waals surface area contributed by atoms with Crippen molar-refractivity contribution in [2.45, 2.75) is 38.8 Å². The molecule has 24 heavy (non-hydrogen) atoms. The molecule has 2 aromatic rings. The second-order valence-electron chi connectivity index (χ2n) is 6.52. The number of aromatic nitrogens is 2. The molecule has 1 atom stereocenters. The van der Waals surface area contributed by atoms with Crippen LogP contribution in [0.1, 0.15) is 31.7 Å². The van der Waals surface area contributed by atoms with Crippen molar-refractivity contribution in [1.29, 1.82) is 0 Å². The summed E-state index contributed by atoms with van der Waals surface area (Å²) in [5.41, 5.74) is 2.35. The summed E-state index contributed by atoms with van der Waals surface area (Å²) in [6.45, 7) is 4.77. The third kappa shape index (κ3) is 3.67. The zero-order valence-corrected chi connectivity index (χ0v) is 14.6. The van der Waals surface area contributed by atoms with E-state index in [2.05, 4.69) is 41.1 Å². The SMILES string of the molecule is CCCCC1C(=O)N(C)CCN1Cc1ccc(-n2ccnc2)cc1. The van der Waals surface area contributed by atoms with E-state index in [1.54, 1.807) is 12.5 Å². The number of unbranched alkanes of at least 4 members (excludes halogenated alkanes) is 1. The van der Waals surface area contributed by atoms with Crippen LogP contribution in [0.2, 0.25) is 0 Å². The van der Waals surface area contributed by atoms with Crippen LogP contribution in [0.5, 0.6) is 0 Å². The highest BCUT2D eigenvalue weighted by molar-refractivity contribution is 5.82. The summed E-state index contributed by atoms with van der Waals surface area (Å²) in [6, 6.07) is 8.53. The van der Waals surface area contributed by atoms with Gasteiger partial charge in [-0.3, -0.25) is 9.69 Å². The summed E-state index contributed by atoms with van der Waals surface area (Å²) >= 11 is 0. The van der Waals surface area contributed by atoms with Crippen LogP contribution in [0, 0.1) is 0 Å². The van der Waals surface area contributed by atoms with E-state index in [4.69, 9.17) is 0 Å². The summed E-state index contributed by atoms with van der Waals surface area (Å²) in [5.74, 6) is 0.268. The molecule has 1 fully saturated rings. The lowest BCUT2D eigenvalue weighted by Gasteiger charge is -2.39. The van der Waals surface area contributed by atoms with Gasteiger partial charge in [0.05, 0.1) is 12.4 Å². The number of amides is 1. The van der Waals surface area contributed by atoms with Gasteiger partial charge in [0.15, 0.2) is 0 Å². The van der Waals surface area contributed by atoms with Gasteiger partial charge in [-0.05, 0) is 24.1 Å². The lowest BCUT2D eigenvalue weighted by atomic mass is 10.0. The van der Waals surface area contributed by atoms with Crippen LogP contribution in [-0.4, -0.2) is 51.4 Å². The highest BCUT2D eigenvalue weighted by atomic mass is 16.2. The van der Waals surface area contributed by atoms with E-state index in [-0.39, 0.29) is 11.9 Å². The maximum Gasteiger partial charge on any atom is 0.239 e. The van der Waals surface area contributed by atoms with Crippen molar-refractivity contribution in [2.75, 3.05) is 20.1 Å². The van der Waals surface area contributed by atoms with Crippen molar-refractivity contribution in [3.05, 3.63) is 48.5 Å². The molecule has 1 aliphatic rings. The van der Waals surface area contributed by atoms with Crippen LogP contribution in [0.25, 0.3) is 5.69 Å². The van der Waals surface area contributed by atoms with Gasteiger partial charge in [-0.1, -0.05) is 31.9 Å². The first-order valence-electron chi connectivity index (χ1n) is 8.75. The molecule has 0 saturated carbocycles. The average molecular weight is 326 g/mol. The summed E-state index contributed by atoms with van der Waals surface area (Å²) in [6.07, 6.45) is 8.69. The summed E-state index contributed by atoms with van der Waals surface area (Å²) in [5, 5.41) is 0. The smallest absolute Gasteiger partial charge is 0.239 e. The van der Waals surface area contributed by atoms with Crippen molar-refractivity contribution in [2.24, 2.45) is 0 Å². The Morgan fingerprint density at radius 1 is 1.21 bits per heavy atom. The fourth-order valence-corrected chi connectivity index (χ4v) is 3.27. The van der Waals surface area contributed by atoms with Gasteiger partial charge in [-0.2, -0.15) is 0 Å². The predicted octanol–water partition coefficient (Wildman–Crippen LogP) is 2.71. The molecule has 5 heteroatoms. The Morgan fingerprint density at radius 3 is 2.67 bits per heavy atom. The van der Waals surface area contributed by atoms with Crippen molar-refractivity contribution < 1.29 is 4.79 Å². The number of rotatable bonds is 6. The highest BCUT2D eigenvalue weighted by Crippen LogP contribution is 2.19. The molecule has 0 bridgehead atoms. The monoisotopic (exact) mass is 326 g/mol. The number of imidazole rings is 1. The molecule has 0 radical (unpaired) electrons. The van der Waals surface area contributed by atoms with E-state index in [1.807, 2.05) is 22.7 Å². The van der Waals surface area contributed by atoms with Gasteiger partial charge in [-0.25, -0.2) is 4.98 Å². The molecule has 2 heterocycles. The van der Waals surface area contributed by atoms with Crippen molar-refractivity contribution >= 4 is 5.91 Å². The van der Waals surface area contributed by atoms with Gasteiger partial charge in [0, 0.05) is 44.8 Å². The van der Waals surface area contributed by atoms with Gasteiger partial charge in [0.2, 0.25) is 5.91 Å². The standard InChI is InChI=1S/C19H26N4O/c1-3-4-5-18-19(24)21(2)12-13-22(18)14-16-6-8-17(9-7-16)23-11-10-20-15-23/h6-11,15,18H,3-5,12-14H2,1-2H3. The highest BCUT2D eigenvalue weighted by Gasteiger charge is 2.32. The number of likely N-dealkylation sites (N-methyl/N-ethyl adjacent to an activating group) is 1. The number of carbonyl (C=O) groups excluding carboxylic acids is 1. The number of nitrogens with zero attached hydrogens (tertiary/aromatic N) is 4. The Kier molecular flexibility index (Phi) is 5.30. The fraction of sp³-hybridized carbons (Fsp3) is 0.474. The topological polar surface area (TPSA) is 41.4 Å². The number of piperazine rings is 1. The second kappa shape index (κ2) is 7.62. The molecule has 5 nitrogen and oxygen atoms in total. The average Bonchev–Trinajstić information content (AvgIpc) is 3.13. The minimum absolute atomic E-state index is 0.0250. The molecule has 1 aromatic carbocycles. The van der Waals surface area contributed by atoms with E-state index in [0.29, 0.717) is 0 Å². The third-order valence-electron chi connectivity index (χ3n) is 4.78. The molecule has 0 aliphatic carbocycles. The molecule has 0 spiro atoms. The maximum atomic E-state index is 12.5. The van der Waals surface area contributed by atoms with Crippen molar-refractivity contribution in [3.8, 4) is 5.69 Å². The van der Waals surface area contributed by atoms with Crippen LogP contribution in [-0.2, 0) is 11.3 Å². The second-order valence-corrected chi connectivity index (χ2v) is 6.52. The summed E-state index contributed by atoms with van der Waals surface area (Å²) < 4.78 is 1.99. The molecule has 3 rings (SSSR count). The van der Waals surface area contributed by atoms with E-state index >= 15 is 0 Å². The van der Waals surface area contributed by atoms with Crippen molar-refractivity contribution in [1.82, 2.24) is 19.4 Å². The normalized spacial score (nSPS) is 19.0. The van der Waals surface area contributed by atoms with E-state index in [0.717, 1.165) is 44.6 Å². The molecular weight excluding hydrogens is 300 g/mol. The molecular formula is C19H26N4O. The molecule has 1 saturated heterocycles. The Bertz CT molecular complexity index is 651.